The Kier molecular flexibility index (Phi) is 6.15. The quantitative estimate of drug-likeness (QED) is 0.791. The number of ether oxygens (including phenoxy) is 1. The highest BCUT2D eigenvalue weighted by Crippen LogP contribution is 2.31. The van der Waals surface area contributed by atoms with E-state index in [0.717, 1.165) is 42.6 Å². The standard InChI is InChI=1S/C19H24N2O3S/c1-2-12-24-16-8-6-15(7-9-16)13-17-18(22)21(19(23)25-17)14-20-10-4-3-5-11-20/h6-9,13H,2-5,10-12,14H2,1H3/p+1/b17-13+. The maximum absolute atomic E-state index is 12.6. The van der Waals surface area contributed by atoms with Gasteiger partial charge in [-0.1, -0.05) is 19.1 Å². The van der Waals surface area contributed by atoms with E-state index in [9.17, 15) is 9.59 Å². The number of nitrogens with zero attached hydrogens (tertiary/aromatic N) is 1. The van der Waals surface area contributed by atoms with Crippen molar-refractivity contribution in [2.45, 2.75) is 32.6 Å². The molecule has 25 heavy (non-hydrogen) atoms. The third kappa shape index (κ3) is 4.64. The molecule has 0 bridgehead atoms. The lowest BCUT2D eigenvalue weighted by Gasteiger charge is -2.26. The SMILES string of the molecule is CCCOc1ccc(/C=C2/SC(=O)N(C[NH+]3CCCCC3)C2=O)cc1. The van der Waals surface area contributed by atoms with Gasteiger partial charge in [0.15, 0.2) is 6.67 Å². The predicted molar refractivity (Wildman–Crippen MR) is 99.5 cm³/mol. The first kappa shape index (κ1) is 18.0. The molecule has 134 valence electrons. The monoisotopic (exact) mass is 361 g/mol. The van der Waals surface area contributed by atoms with Crippen molar-refractivity contribution < 1.29 is 19.2 Å². The van der Waals surface area contributed by atoms with Gasteiger partial charge in [-0.15, -0.1) is 0 Å². The lowest BCUT2D eigenvalue weighted by molar-refractivity contribution is -0.912. The van der Waals surface area contributed by atoms with E-state index < -0.39 is 0 Å². The van der Waals surface area contributed by atoms with Crippen LogP contribution in [-0.4, -0.2) is 42.4 Å². The van der Waals surface area contributed by atoms with Crippen molar-refractivity contribution in [3.63, 3.8) is 0 Å². The van der Waals surface area contributed by atoms with Crippen LogP contribution >= 0.6 is 11.8 Å². The molecule has 0 atom stereocenters. The topological polar surface area (TPSA) is 51.0 Å². The smallest absolute Gasteiger partial charge is 0.298 e. The number of imide groups is 1. The van der Waals surface area contributed by atoms with Gasteiger partial charge in [-0.25, -0.2) is 4.90 Å². The van der Waals surface area contributed by atoms with E-state index in [1.807, 2.05) is 24.3 Å². The second-order valence-corrected chi connectivity index (χ2v) is 7.49. The molecule has 0 saturated carbocycles. The van der Waals surface area contributed by atoms with Crippen molar-refractivity contribution >= 4 is 29.0 Å². The second kappa shape index (κ2) is 8.54. The average molecular weight is 361 g/mol. The summed E-state index contributed by atoms with van der Waals surface area (Å²) >= 11 is 1.04. The van der Waals surface area contributed by atoms with Crippen molar-refractivity contribution in [1.82, 2.24) is 4.90 Å². The number of rotatable bonds is 6. The summed E-state index contributed by atoms with van der Waals surface area (Å²) in [4.78, 5) is 28.0. The molecule has 0 unspecified atom stereocenters. The predicted octanol–water partition coefficient (Wildman–Crippen LogP) is 2.54. The van der Waals surface area contributed by atoms with E-state index in [4.69, 9.17) is 4.74 Å². The summed E-state index contributed by atoms with van der Waals surface area (Å²) < 4.78 is 5.56. The highest BCUT2D eigenvalue weighted by molar-refractivity contribution is 8.18. The number of thioether (sulfide) groups is 1. The molecule has 0 aromatic heterocycles. The molecule has 2 saturated heterocycles. The van der Waals surface area contributed by atoms with Crippen molar-refractivity contribution in [2.24, 2.45) is 0 Å². The zero-order chi connectivity index (χ0) is 17.6. The molecular formula is C19H25N2O3S+. The van der Waals surface area contributed by atoms with Crippen molar-refractivity contribution in [2.75, 3.05) is 26.4 Å². The van der Waals surface area contributed by atoms with E-state index in [2.05, 4.69) is 6.92 Å². The van der Waals surface area contributed by atoms with Crippen LogP contribution in [0, 0.1) is 0 Å². The van der Waals surface area contributed by atoms with Crippen LogP contribution in [0.25, 0.3) is 6.08 Å². The van der Waals surface area contributed by atoms with Crippen LogP contribution in [0.5, 0.6) is 5.75 Å². The summed E-state index contributed by atoms with van der Waals surface area (Å²) in [6.45, 7) is 5.33. The summed E-state index contributed by atoms with van der Waals surface area (Å²) in [6.07, 6.45) is 6.36. The molecule has 3 rings (SSSR count). The van der Waals surface area contributed by atoms with Crippen molar-refractivity contribution in [1.29, 1.82) is 0 Å². The van der Waals surface area contributed by atoms with Gasteiger partial charge in [-0.2, -0.15) is 0 Å². The molecule has 2 aliphatic heterocycles. The molecule has 2 amide bonds. The molecule has 1 N–H and O–H groups in total. The lowest BCUT2D eigenvalue weighted by Crippen LogP contribution is -3.14. The fraction of sp³-hybridized carbons (Fsp3) is 0.474. The van der Waals surface area contributed by atoms with Gasteiger partial charge in [0.2, 0.25) is 0 Å². The van der Waals surface area contributed by atoms with E-state index in [0.29, 0.717) is 18.2 Å². The van der Waals surface area contributed by atoms with Gasteiger partial charge in [0, 0.05) is 0 Å². The van der Waals surface area contributed by atoms with Crippen LogP contribution in [0.1, 0.15) is 38.2 Å². The van der Waals surface area contributed by atoms with Crippen molar-refractivity contribution in [3.8, 4) is 5.75 Å². The van der Waals surface area contributed by atoms with E-state index >= 15 is 0 Å². The highest BCUT2D eigenvalue weighted by atomic mass is 32.2. The van der Waals surface area contributed by atoms with Gasteiger partial charge in [0.05, 0.1) is 24.6 Å². The summed E-state index contributed by atoms with van der Waals surface area (Å²) in [5.74, 6) is 0.653. The number of likely N-dealkylation sites (tertiary alicyclic amines) is 1. The fourth-order valence-corrected chi connectivity index (χ4v) is 3.94. The maximum atomic E-state index is 12.6. The minimum absolute atomic E-state index is 0.155. The first-order valence-electron chi connectivity index (χ1n) is 8.99. The molecule has 0 aliphatic carbocycles. The molecule has 0 spiro atoms. The number of piperidine rings is 1. The minimum atomic E-state index is -0.167. The molecule has 1 aromatic rings. The number of hydrogen-bond donors (Lipinski definition) is 1. The number of hydrogen-bond acceptors (Lipinski definition) is 4. The van der Waals surface area contributed by atoms with Gasteiger partial charge in [-0.3, -0.25) is 9.59 Å². The Hall–Kier alpha value is -1.79. The Balaban J connectivity index is 1.65. The lowest BCUT2D eigenvalue weighted by atomic mass is 10.1. The number of quaternary nitrogens is 1. The number of carbonyl (C=O) groups is 2. The summed E-state index contributed by atoms with van der Waals surface area (Å²) in [7, 11) is 0. The first-order valence-corrected chi connectivity index (χ1v) is 9.81. The average Bonchev–Trinajstić information content (AvgIpc) is 2.89. The van der Waals surface area contributed by atoms with Gasteiger partial charge < -0.3 is 9.64 Å². The second-order valence-electron chi connectivity index (χ2n) is 6.50. The normalized spacial score (nSPS) is 20.5. The molecule has 2 aliphatic rings. The van der Waals surface area contributed by atoms with Crippen molar-refractivity contribution in [3.05, 3.63) is 34.7 Å². The third-order valence-electron chi connectivity index (χ3n) is 4.47. The molecule has 5 nitrogen and oxygen atoms in total. The Labute approximate surface area is 153 Å². The zero-order valence-corrected chi connectivity index (χ0v) is 15.4. The van der Waals surface area contributed by atoms with Crippen LogP contribution in [0.2, 0.25) is 0 Å². The molecule has 2 heterocycles. The van der Waals surface area contributed by atoms with Gasteiger partial charge in [0.25, 0.3) is 11.1 Å². The Morgan fingerprint density at radius 1 is 1.16 bits per heavy atom. The van der Waals surface area contributed by atoms with E-state index in [1.165, 1.54) is 29.1 Å². The molecule has 6 heteroatoms. The highest BCUT2D eigenvalue weighted by Gasteiger charge is 2.37. The van der Waals surface area contributed by atoms with E-state index in [-0.39, 0.29) is 11.1 Å². The molecular weight excluding hydrogens is 336 g/mol. The van der Waals surface area contributed by atoms with Crippen LogP contribution in [0.15, 0.2) is 29.2 Å². The van der Waals surface area contributed by atoms with Crippen LogP contribution in [0.4, 0.5) is 4.79 Å². The summed E-state index contributed by atoms with van der Waals surface area (Å²) in [5.41, 5.74) is 0.902. The molecule has 0 radical (unpaired) electrons. The first-order chi connectivity index (χ1) is 12.2. The van der Waals surface area contributed by atoms with Crippen LogP contribution < -0.4 is 9.64 Å². The number of carbonyl (C=O) groups excluding carboxylic acids is 2. The van der Waals surface area contributed by atoms with Crippen LogP contribution in [-0.2, 0) is 4.79 Å². The molecule has 2 fully saturated rings. The third-order valence-corrected chi connectivity index (χ3v) is 5.37. The van der Waals surface area contributed by atoms with Gasteiger partial charge in [-0.05, 0) is 61.2 Å². The largest absolute Gasteiger partial charge is 0.494 e. The Bertz CT molecular complexity index is 651. The Morgan fingerprint density at radius 2 is 1.88 bits per heavy atom. The summed E-state index contributed by atoms with van der Waals surface area (Å²) in [6, 6.07) is 7.61. The van der Waals surface area contributed by atoms with E-state index in [1.54, 1.807) is 6.08 Å². The van der Waals surface area contributed by atoms with Gasteiger partial charge in [0.1, 0.15) is 5.75 Å². The summed E-state index contributed by atoms with van der Waals surface area (Å²) in [5, 5.41) is -0.155. The number of amides is 2. The molecule has 1 aromatic carbocycles. The van der Waals surface area contributed by atoms with Crippen LogP contribution in [0.3, 0.4) is 0 Å². The number of nitrogens with one attached hydrogen (secondary N) is 1. The van der Waals surface area contributed by atoms with Gasteiger partial charge >= 0.3 is 0 Å². The number of benzene rings is 1. The fourth-order valence-electron chi connectivity index (χ4n) is 3.10. The Morgan fingerprint density at radius 3 is 2.56 bits per heavy atom. The maximum Gasteiger partial charge on any atom is 0.298 e. The zero-order valence-electron chi connectivity index (χ0n) is 14.6. The minimum Gasteiger partial charge on any atom is -0.494 e.